The maximum atomic E-state index is 12.0. The Morgan fingerprint density at radius 1 is 1.37 bits per heavy atom. The number of esters is 1. The molecule has 2 unspecified atom stereocenters. The van der Waals surface area contributed by atoms with Crippen LogP contribution in [-0.2, 0) is 16.1 Å². The lowest BCUT2D eigenvalue weighted by Crippen LogP contribution is -2.40. The van der Waals surface area contributed by atoms with Crippen molar-refractivity contribution >= 4 is 11.9 Å². The van der Waals surface area contributed by atoms with E-state index < -0.39 is 0 Å². The number of carbonyl (C=O) groups excluding carboxylic acids is 1. The van der Waals surface area contributed by atoms with E-state index in [2.05, 4.69) is 34.3 Å². The van der Waals surface area contributed by atoms with E-state index in [-0.39, 0.29) is 17.8 Å². The Balaban J connectivity index is 1.79. The normalized spacial score (nSPS) is 20.0. The highest BCUT2D eigenvalue weighted by Crippen LogP contribution is 2.24. The molecule has 1 N–H and O–H groups in total. The van der Waals surface area contributed by atoms with Crippen molar-refractivity contribution in [3.63, 3.8) is 0 Å². The van der Waals surface area contributed by atoms with E-state index in [0.717, 1.165) is 30.3 Å². The third kappa shape index (κ3) is 4.30. The Labute approximate surface area is 160 Å². The highest BCUT2D eigenvalue weighted by Gasteiger charge is 2.36. The van der Waals surface area contributed by atoms with Crippen LogP contribution in [0, 0.1) is 11.8 Å². The van der Waals surface area contributed by atoms with Crippen molar-refractivity contribution in [2.24, 2.45) is 16.8 Å². The Morgan fingerprint density at radius 2 is 2.19 bits per heavy atom. The Bertz CT molecular complexity index is 787. The molecule has 2 atom stereocenters. The van der Waals surface area contributed by atoms with Crippen molar-refractivity contribution in [1.82, 2.24) is 19.8 Å². The number of hydrogen-bond acceptors (Lipinski definition) is 4. The number of aromatic nitrogens is 2. The lowest BCUT2D eigenvalue weighted by Gasteiger charge is -2.21. The summed E-state index contributed by atoms with van der Waals surface area (Å²) in [5.41, 5.74) is 2.18. The van der Waals surface area contributed by atoms with Crippen LogP contribution in [0.15, 0.2) is 48.0 Å². The van der Waals surface area contributed by atoms with E-state index in [1.165, 1.54) is 7.11 Å². The van der Waals surface area contributed by atoms with Gasteiger partial charge in [0.1, 0.15) is 0 Å². The van der Waals surface area contributed by atoms with Crippen LogP contribution in [-0.4, -0.2) is 53.1 Å². The number of rotatable bonds is 5. The Hall–Kier alpha value is -2.83. The van der Waals surface area contributed by atoms with E-state index >= 15 is 0 Å². The number of aliphatic imine (C=N–C) groups is 1. The smallest absolute Gasteiger partial charge is 0.310 e. The zero-order chi connectivity index (χ0) is 19.2. The maximum Gasteiger partial charge on any atom is 0.310 e. The molecule has 3 rings (SSSR count). The molecule has 0 amide bonds. The van der Waals surface area contributed by atoms with Crippen molar-refractivity contribution in [2.75, 3.05) is 26.7 Å². The number of methoxy groups -OCH3 is 1. The zero-order valence-electron chi connectivity index (χ0n) is 16.1. The molecule has 1 fully saturated rings. The average Bonchev–Trinajstić information content (AvgIpc) is 3.34. The van der Waals surface area contributed by atoms with Gasteiger partial charge in [-0.05, 0) is 24.5 Å². The van der Waals surface area contributed by atoms with Crippen molar-refractivity contribution in [1.29, 1.82) is 0 Å². The predicted octanol–water partition coefficient (Wildman–Crippen LogP) is 2.08. The molecule has 0 bridgehead atoms. The summed E-state index contributed by atoms with van der Waals surface area (Å²) in [5, 5.41) is 3.35. The number of nitrogens with zero attached hydrogens (tertiary/aromatic N) is 4. The second-order valence-corrected chi connectivity index (χ2v) is 6.78. The predicted molar refractivity (Wildman–Crippen MR) is 105 cm³/mol. The van der Waals surface area contributed by atoms with Gasteiger partial charge in [-0.2, -0.15) is 0 Å². The number of nitrogens with one attached hydrogen (secondary N) is 1. The lowest BCUT2D eigenvalue weighted by atomic mass is 9.99. The summed E-state index contributed by atoms with van der Waals surface area (Å²) in [6.07, 6.45) is 5.48. The van der Waals surface area contributed by atoms with Gasteiger partial charge in [-0.15, -0.1) is 0 Å². The van der Waals surface area contributed by atoms with Gasteiger partial charge in [0, 0.05) is 32.0 Å². The molecule has 0 radical (unpaired) electrons. The molecular weight excluding hydrogens is 342 g/mol. The molecular formula is C20H27N5O2. The first-order valence-electron chi connectivity index (χ1n) is 9.31. The highest BCUT2D eigenvalue weighted by atomic mass is 16.5. The number of likely N-dealkylation sites (tertiary alicyclic amines) is 1. The summed E-state index contributed by atoms with van der Waals surface area (Å²) in [7, 11) is 1.45. The van der Waals surface area contributed by atoms with Crippen LogP contribution in [0.5, 0.6) is 0 Å². The van der Waals surface area contributed by atoms with Gasteiger partial charge in [-0.3, -0.25) is 4.79 Å². The summed E-state index contributed by atoms with van der Waals surface area (Å²) in [6.45, 7) is 6.86. The summed E-state index contributed by atoms with van der Waals surface area (Å²) in [6, 6.07) is 8.16. The average molecular weight is 369 g/mol. The third-order valence-electron chi connectivity index (χ3n) is 4.92. The largest absolute Gasteiger partial charge is 0.469 e. The first-order chi connectivity index (χ1) is 13.1. The molecule has 0 saturated carbocycles. The standard InChI is InChI=1S/C20H27N5O2/c1-4-22-20(25-12-15(2)17(13-25)19(26)27-3)23-11-16-7-5-6-8-18(16)24-10-9-21-14-24/h5-10,14-15,17H,4,11-13H2,1-3H3,(H,22,23). The molecule has 27 heavy (non-hydrogen) atoms. The van der Waals surface area contributed by atoms with Crippen molar-refractivity contribution in [3.05, 3.63) is 48.5 Å². The van der Waals surface area contributed by atoms with Crippen molar-refractivity contribution in [3.8, 4) is 5.69 Å². The number of imidazole rings is 1. The number of carbonyl (C=O) groups is 1. The van der Waals surface area contributed by atoms with E-state index in [0.29, 0.717) is 13.1 Å². The highest BCUT2D eigenvalue weighted by molar-refractivity contribution is 5.82. The topological polar surface area (TPSA) is 71.8 Å². The van der Waals surface area contributed by atoms with Gasteiger partial charge in [0.2, 0.25) is 0 Å². The second-order valence-electron chi connectivity index (χ2n) is 6.78. The van der Waals surface area contributed by atoms with Crippen LogP contribution in [0.1, 0.15) is 19.4 Å². The fourth-order valence-electron chi connectivity index (χ4n) is 3.48. The van der Waals surface area contributed by atoms with Gasteiger partial charge >= 0.3 is 5.97 Å². The fourth-order valence-corrected chi connectivity index (χ4v) is 3.48. The van der Waals surface area contributed by atoms with E-state index in [1.54, 1.807) is 12.5 Å². The SMILES string of the molecule is CCNC(=NCc1ccccc1-n1ccnc1)N1CC(C)C(C(=O)OC)C1. The molecule has 1 aromatic carbocycles. The van der Waals surface area contributed by atoms with Crippen LogP contribution in [0.2, 0.25) is 0 Å². The number of ether oxygens (including phenoxy) is 1. The van der Waals surface area contributed by atoms with Crippen LogP contribution >= 0.6 is 0 Å². The summed E-state index contributed by atoms with van der Waals surface area (Å²) in [5.74, 6) is 0.805. The first kappa shape index (κ1) is 18.9. The Kier molecular flexibility index (Phi) is 6.11. The number of para-hydroxylation sites is 1. The van der Waals surface area contributed by atoms with Gasteiger partial charge < -0.3 is 19.5 Å². The van der Waals surface area contributed by atoms with E-state index in [1.807, 2.05) is 29.8 Å². The molecule has 2 heterocycles. The lowest BCUT2D eigenvalue weighted by molar-refractivity contribution is -0.145. The third-order valence-corrected chi connectivity index (χ3v) is 4.92. The van der Waals surface area contributed by atoms with Crippen molar-refractivity contribution in [2.45, 2.75) is 20.4 Å². The minimum atomic E-state index is -0.147. The fraction of sp³-hybridized carbons (Fsp3) is 0.450. The second kappa shape index (κ2) is 8.70. The van der Waals surface area contributed by atoms with Gasteiger partial charge in [-0.1, -0.05) is 25.1 Å². The molecule has 144 valence electrons. The van der Waals surface area contributed by atoms with Crippen LogP contribution < -0.4 is 5.32 Å². The number of guanidine groups is 1. The first-order valence-corrected chi connectivity index (χ1v) is 9.31. The summed E-state index contributed by atoms with van der Waals surface area (Å²) in [4.78, 5) is 23.1. The van der Waals surface area contributed by atoms with Gasteiger partial charge in [0.15, 0.2) is 5.96 Å². The molecule has 1 aromatic heterocycles. The van der Waals surface area contributed by atoms with Gasteiger partial charge in [0.25, 0.3) is 0 Å². The molecule has 7 heteroatoms. The Morgan fingerprint density at radius 3 is 2.89 bits per heavy atom. The quantitative estimate of drug-likeness (QED) is 0.496. The van der Waals surface area contributed by atoms with Crippen LogP contribution in [0.25, 0.3) is 5.69 Å². The van der Waals surface area contributed by atoms with Gasteiger partial charge in [0.05, 0.1) is 31.6 Å². The molecule has 2 aromatic rings. The summed E-state index contributed by atoms with van der Waals surface area (Å²) < 4.78 is 6.93. The molecule has 1 aliphatic rings. The molecule has 0 spiro atoms. The zero-order valence-corrected chi connectivity index (χ0v) is 16.1. The molecule has 1 saturated heterocycles. The molecule has 7 nitrogen and oxygen atoms in total. The monoisotopic (exact) mass is 369 g/mol. The van der Waals surface area contributed by atoms with Crippen LogP contribution in [0.4, 0.5) is 0 Å². The molecule has 0 aliphatic carbocycles. The van der Waals surface area contributed by atoms with Crippen LogP contribution in [0.3, 0.4) is 0 Å². The molecule has 1 aliphatic heterocycles. The summed E-state index contributed by atoms with van der Waals surface area (Å²) >= 11 is 0. The minimum absolute atomic E-state index is 0.114. The van der Waals surface area contributed by atoms with E-state index in [9.17, 15) is 4.79 Å². The number of hydrogen-bond donors (Lipinski definition) is 1. The van der Waals surface area contributed by atoms with E-state index in [4.69, 9.17) is 9.73 Å². The maximum absolute atomic E-state index is 12.0. The van der Waals surface area contributed by atoms with Gasteiger partial charge in [-0.25, -0.2) is 9.98 Å². The van der Waals surface area contributed by atoms with Crippen molar-refractivity contribution < 1.29 is 9.53 Å². The number of benzene rings is 1. The minimum Gasteiger partial charge on any atom is -0.469 e.